The summed E-state index contributed by atoms with van der Waals surface area (Å²) in [6.45, 7) is 0.565. The fraction of sp³-hybridized carbons (Fsp3) is 0.500. The molecule has 1 amide bonds. The van der Waals surface area contributed by atoms with Crippen LogP contribution in [0.3, 0.4) is 0 Å². The van der Waals surface area contributed by atoms with E-state index in [0.717, 1.165) is 31.2 Å². The van der Waals surface area contributed by atoms with Crippen molar-refractivity contribution in [3.63, 3.8) is 0 Å². The molecule has 0 radical (unpaired) electrons. The summed E-state index contributed by atoms with van der Waals surface area (Å²) in [6.07, 6.45) is 4.03. The number of carbonyl (C=O) groups excluding carboxylic acids is 1. The summed E-state index contributed by atoms with van der Waals surface area (Å²) in [4.78, 5) is 11.3. The predicted molar refractivity (Wildman–Crippen MR) is 66.2 cm³/mol. The fourth-order valence-corrected chi connectivity index (χ4v) is 2.40. The van der Waals surface area contributed by atoms with E-state index in [-0.39, 0.29) is 17.9 Å². The minimum atomic E-state index is -0.220. The van der Waals surface area contributed by atoms with Crippen LogP contribution in [-0.2, 0) is 16.1 Å². The van der Waals surface area contributed by atoms with Crippen molar-refractivity contribution < 1.29 is 9.53 Å². The number of benzene rings is 1. The van der Waals surface area contributed by atoms with Crippen molar-refractivity contribution in [3.05, 3.63) is 35.9 Å². The molecule has 1 aliphatic rings. The van der Waals surface area contributed by atoms with Crippen molar-refractivity contribution in [2.45, 2.75) is 38.4 Å². The molecule has 17 heavy (non-hydrogen) atoms. The van der Waals surface area contributed by atoms with Crippen LogP contribution in [0.5, 0.6) is 0 Å². The van der Waals surface area contributed by atoms with Gasteiger partial charge in [0.05, 0.1) is 18.6 Å². The maximum atomic E-state index is 11.3. The molecule has 2 N–H and O–H groups in total. The van der Waals surface area contributed by atoms with Crippen LogP contribution in [0.4, 0.5) is 0 Å². The van der Waals surface area contributed by atoms with E-state index in [0.29, 0.717) is 6.61 Å². The van der Waals surface area contributed by atoms with Gasteiger partial charge in [-0.2, -0.15) is 0 Å². The summed E-state index contributed by atoms with van der Waals surface area (Å²) >= 11 is 0. The van der Waals surface area contributed by atoms with E-state index >= 15 is 0 Å². The monoisotopic (exact) mass is 233 g/mol. The molecule has 2 rings (SSSR count). The molecule has 0 heterocycles. The molecular weight excluding hydrogens is 214 g/mol. The molecule has 1 aliphatic carbocycles. The molecule has 0 saturated heterocycles. The standard InChI is InChI=1S/C14H19NO2/c15-14(16)12-8-4-5-9-13(12)17-10-11-6-2-1-3-7-11/h1-3,6-7,12-13H,4-5,8-10H2,(H2,15,16)/t12-,13-/m0/s1. The minimum Gasteiger partial charge on any atom is -0.373 e. The molecule has 92 valence electrons. The number of amides is 1. The summed E-state index contributed by atoms with van der Waals surface area (Å²) in [5.74, 6) is -0.324. The van der Waals surface area contributed by atoms with Gasteiger partial charge in [-0.3, -0.25) is 4.79 Å². The van der Waals surface area contributed by atoms with Gasteiger partial charge in [0, 0.05) is 0 Å². The van der Waals surface area contributed by atoms with Gasteiger partial charge in [0.15, 0.2) is 0 Å². The molecule has 2 atom stereocenters. The third kappa shape index (κ3) is 3.30. The zero-order valence-electron chi connectivity index (χ0n) is 9.97. The van der Waals surface area contributed by atoms with Gasteiger partial charge in [-0.05, 0) is 18.4 Å². The van der Waals surface area contributed by atoms with E-state index in [4.69, 9.17) is 10.5 Å². The van der Waals surface area contributed by atoms with Crippen LogP contribution in [0.2, 0.25) is 0 Å². The predicted octanol–water partition coefficient (Wildman–Crippen LogP) is 2.25. The lowest BCUT2D eigenvalue weighted by atomic mass is 9.86. The lowest BCUT2D eigenvalue weighted by Crippen LogP contribution is -2.37. The number of hydrogen-bond acceptors (Lipinski definition) is 2. The van der Waals surface area contributed by atoms with E-state index in [2.05, 4.69) is 0 Å². The number of hydrogen-bond donors (Lipinski definition) is 1. The number of carbonyl (C=O) groups is 1. The maximum Gasteiger partial charge on any atom is 0.223 e. The van der Waals surface area contributed by atoms with Crippen molar-refractivity contribution in [2.24, 2.45) is 11.7 Å². The largest absolute Gasteiger partial charge is 0.373 e. The summed E-state index contributed by atoms with van der Waals surface area (Å²) < 4.78 is 5.84. The molecule has 0 aromatic heterocycles. The van der Waals surface area contributed by atoms with Crippen LogP contribution in [0.25, 0.3) is 0 Å². The molecule has 0 bridgehead atoms. The van der Waals surface area contributed by atoms with Gasteiger partial charge < -0.3 is 10.5 Å². The Morgan fingerprint density at radius 2 is 1.94 bits per heavy atom. The Morgan fingerprint density at radius 1 is 1.24 bits per heavy atom. The summed E-state index contributed by atoms with van der Waals surface area (Å²) in [6, 6.07) is 10.0. The molecule has 1 fully saturated rings. The second-order valence-electron chi connectivity index (χ2n) is 4.63. The molecule has 1 saturated carbocycles. The maximum absolute atomic E-state index is 11.3. The Hall–Kier alpha value is -1.35. The Kier molecular flexibility index (Phi) is 4.15. The second kappa shape index (κ2) is 5.82. The van der Waals surface area contributed by atoms with Crippen LogP contribution >= 0.6 is 0 Å². The topological polar surface area (TPSA) is 52.3 Å². The van der Waals surface area contributed by atoms with Gasteiger partial charge in [-0.25, -0.2) is 0 Å². The number of primary amides is 1. The smallest absolute Gasteiger partial charge is 0.223 e. The number of rotatable bonds is 4. The quantitative estimate of drug-likeness (QED) is 0.867. The van der Waals surface area contributed by atoms with E-state index in [1.54, 1.807) is 0 Å². The van der Waals surface area contributed by atoms with Crippen LogP contribution < -0.4 is 5.73 Å². The highest BCUT2D eigenvalue weighted by Gasteiger charge is 2.29. The van der Waals surface area contributed by atoms with Gasteiger partial charge in [0.2, 0.25) is 5.91 Å². The lowest BCUT2D eigenvalue weighted by molar-refractivity contribution is -0.129. The van der Waals surface area contributed by atoms with Crippen LogP contribution in [0.15, 0.2) is 30.3 Å². The van der Waals surface area contributed by atoms with Gasteiger partial charge in [-0.1, -0.05) is 43.2 Å². The zero-order chi connectivity index (χ0) is 12.1. The van der Waals surface area contributed by atoms with E-state index in [1.807, 2.05) is 30.3 Å². The summed E-state index contributed by atoms with van der Waals surface area (Å²) in [5, 5.41) is 0. The van der Waals surface area contributed by atoms with Gasteiger partial charge in [-0.15, -0.1) is 0 Å². The Morgan fingerprint density at radius 3 is 2.65 bits per heavy atom. The lowest BCUT2D eigenvalue weighted by Gasteiger charge is -2.29. The molecule has 0 spiro atoms. The van der Waals surface area contributed by atoms with Crippen molar-refractivity contribution >= 4 is 5.91 Å². The number of ether oxygens (including phenoxy) is 1. The third-order valence-electron chi connectivity index (χ3n) is 3.37. The first-order valence-electron chi connectivity index (χ1n) is 6.22. The third-order valence-corrected chi connectivity index (χ3v) is 3.37. The van der Waals surface area contributed by atoms with Gasteiger partial charge in [0.25, 0.3) is 0 Å². The van der Waals surface area contributed by atoms with Crippen LogP contribution in [0, 0.1) is 5.92 Å². The highest BCUT2D eigenvalue weighted by molar-refractivity contribution is 5.77. The molecule has 0 unspecified atom stereocenters. The van der Waals surface area contributed by atoms with E-state index < -0.39 is 0 Å². The zero-order valence-corrected chi connectivity index (χ0v) is 9.97. The second-order valence-corrected chi connectivity index (χ2v) is 4.63. The SMILES string of the molecule is NC(=O)[C@H]1CCCC[C@@H]1OCc1ccccc1. The fourth-order valence-electron chi connectivity index (χ4n) is 2.40. The first-order chi connectivity index (χ1) is 8.27. The Balaban J connectivity index is 1.90. The summed E-state index contributed by atoms with van der Waals surface area (Å²) in [5.41, 5.74) is 6.55. The van der Waals surface area contributed by atoms with Crippen LogP contribution in [0.1, 0.15) is 31.2 Å². The highest BCUT2D eigenvalue weighted by Crippen LogP contribution is 2.27. The van der Waals surface area contributed by atoms with Crippen molar-refractivity contribution in [2.75, 3.05) is 0 Å². The first-order valence-corrected chi connectivity index (χ1v) is 6.22. The highest BCUT2D eigenvalue weighted by atomic mass is 16.5. The average Bonchev–Trinajstić information content (AvgIpc) is 2.38. The average molecular weight is 233 g/mol. The molecule has 3 nitrogen and oxygen atoms in total. The summed E-state index contributed by atoms with van der Waals surface area (Å²) in [7, 11) is 0. The van der Waals surface area contributed by atoms with Crippen molar-refractivity contribution in [1.29, 1.82) is 0 Å². The van der Waals surface area contributed by atoms with Crippen LogP contribution in [-0.4, -0.2) is 12.0 Å². The van der Waals surface area contributed by atoms with Gasteiger partial charge >= 0.3 is 0 Å². The molecule has 1 aromatic rings. The Labute approximate surface area is 102 Å². The van der Waals surface area contributed by atoms with Crippen molar-refractivity contribution in [1.82, 2.24) is 0 Å². The molecule has 1 aromatic carbocycles. The molecule has 3 heteroatoms. The van der Waals surface area contributed by atoms with E-state index in [1.165, 1.54) is 0 Å². The first kappa shape index (κ1) is 12.1. The number of nitrogens with two attached hydrogens (primary N) is 1. The Bertz CT molecular complexity index is 364. The van der Waals surface area contributed by atoms with Crippen molar-refractivity contribution in [3.8, 4) is 0 Å². The molecular formula is C14H19NO2. The van der Waals surface area contributed by atoms with E-state index in [9.17, 15) is 4.79 Å². The minimum absolute atomic E-state index is 0.00135. The van der Waals surface area contributed by atoms with Gasteiger partial charge in [0.1, 0.15) is 0 Å². The normalized spacial score (nSPS) is 24.5. The molecule has 0 aliphatic heterocycles.